The van der Waals surface area contributed by atoms with Crippen LogP contribution in [0.25, 0.3) is 0 Å². The fraction of sp³-hybridized carbons (Fsp3) is 0.941. The number of hydrogen-bond acceptors (Lipinski definition) is 3. The van der Waals surface area contributed by atoms with Crippen LogP contribution < -0.4 is 5.32 Å². The Morgan fingerprint density at radius 1 is 1.09 bits per heavy atom. The molecule has 0 aromatic heterocycles. The van der Waals surface area contributed by atoms with E-state index in [0.717, 1.165) is 57.5 Å². The van der Waals surface area contributed by atoms with E-state index in [1.807, 2.05) is 0 Å². The summed E-state index contributed by atoms with van der Waals surface area (Å²) in [5.74, 6) is 1.86. The molecule has 0 radical (unpaired) electrons. The van der Waals surface area contributed by atoms with Gasteiger partial charge in [-0.15, -0.1) is 0 Å². The van der Waals surface area contributed by atoms with Crippen molar-refractivity contribution in [2.75, 3.05) is 52.9 Å². The van der Waals surface area contributed by atoms with Gasteiger partial charge in [-0.2, -0.15) is 0 Å². The number of aliphatic imine (C=N–C) groups is 1. The highest BCUT2D eigenvalue weighted by atomic mass is 16.5. The van der Waals surface area contributed by atoms with Crippen molar-refractivity contribution in [3.8, 4) is 0 Å². The summed E-state index contributed by atoms with van der Waals surface area (Å²) >= 11 is 0. The van der Waals surface area contributed by atoms with E-state index in [9.17, 15) is 0 Å². The van der Waals surface area contributed by atoms with Crippen LogP contribution in [0.2, 0.25) is 0 Å². The van der Waals surface area contributed by atoms with E-state index in [0.29, 0.717) is 6.10 Å². The third-order valence-corrected chi connectivity index (χ3v) is 4.82. The molecular formula is C17H34N4O. The van der Waals surface area contributed by atoms with E-state index in [-0.39, 0.29) is 0 Å². The van der Waals surface area contributed by atoms with Gasteiger partial charge in [0.15, 0.2) is 5.96 Å². The van der Waals surface area contributed by atoms with Gasteiger partial charge in [0.1, 0.15) is 0 Å². The van der Waals surface area contributed by atoms with Crippen molar-refractivity contribution in [3.63, 3.8) is 0 Å². The largest absolute Gasteiger partial charge is 0.378 e. The second-order valence-corrected chi connectivity index (χ2v) is 6.58. The van der Waals surface area contributed by atoms with Crippen molar-refractivity contribution in [2.45, 2.75) is 45.6 Å². The van der Waals surface area contributed by atoms with Crippen LogP contribution in [0, 0.1) is 5.92 Å². The lowest BCUT2D eigenvalue weighted by molar-refractivity contribution is 0.0263. The fourth-order valence-corrected chi connectivity index (χ4v) is 3.36. The predicted molar refractivity (Wildman–Crippen MR) is 92.4 cm³/mol. The second kappa shape index (κ2) is 9.36. The average Bonchev–Trinajstić information content (AvgIpc) is 2.54. The van der Waals surface area contributed by atoms with Crippen LogP contribution in [-0.2, 0) is 4.74 Å². The molecule has 5 heteroatoms. The van der Waals surface area contributed by atoms with Crippen LogP contribution in [0.1, 0.15) is 39.5 Å². The zero-order chi connectivity index (χ0) is 15.8. The molecule has 2 heterocycles. The SMILES string of the molecule is CCNC(=NCC1CCN(C)CC1)N1CCC(OCC)CC1. The third kappa shape index (κ3) is 5.43. The number of likely N-dealkylation sites (tertiary alicyclic amines) is 2. The first-order valence-electron chi connectivity index (χ1n) is 9.06. The van der Waals surface area contributed by atoms with E-state index in [1.165, 1.54) is 25.9 Å². The lowest BCUT2D eigenvalue weighted by Crippen LogP contribution is -2.47. The minimum Gasteiger partial charge on any atom is -0.378 e. The number of nitrogens with one attached hydrogen (secondary N) is 1. The van der Waals surface area contributed by atoms with E-state index < -0.39 is 0 Å². The molecule has 0 saturated carbocycles. The number of nitrogens with zero attached hydrogens (tertiary/aromatic N) is 3. The standard InChI is InChI=1S/C17H34N4O/c1-4-18-17(19-14-15-6-10-20(3)11-7-15)21-12-8-16(9-13-21)22-5-2/h15-16H,4-14H2,1-3H3,(H,18,19). The summed E-state index contributed by atoms with van der Waals surface area (Å²) in [6.45, 7) is 11.5. The Kier molecular flexibility index (Phi) is 7.46. The molecule has 2 aliphatic heterocycles. The predicted octanol–water partition coefficient (Wildman–Crippen LogP) is 1.79. The summed E-state index contributed by atoms with van der Waals surface area (Å²) < 4.78 is 5.74. The number of rotatable bonds is 5. The quantitative estimate of drug-likeness (QED) is 0.621. The highest BCUT2D eigenvalue weighted by Gasteiger charge is 2.22. The molecule has 2 fully saturated rings. The monoisotopic (exact) mass is 310 g/mol. The molecular weight excluding hydrogens is 276 g/mol. The summed E-state index contributed by atoms with van der Waals surface area (Å²) in [6.07, 6.45) is 5.24. The normalized spacial score (nSPS) is 23.0. The van der Waals surface area contributed by atoms with Gasteiger partial charge in [-0.1, -0.05) is 0 Å². The first kappa shape index (κ1) is 17.5. The molecule has 0 aromatic rings. The van der Waals surface area contributed by atoms with Gasteiger partial charge in [0.25, 0.3) is 0 Å². The minimum atomic E-state index is 0.443. The van der Waals surface area contributed by atoms with Crippen LogP contribution in [0.4, 0.5) is 0 Å². The van der Waals surface area contributed by atoms with Gasteiger partial charge < -0.3 is 19.9 Å². The van der Waals surface area contributed by atoms with Gasteiger partial charge in [0.2, 0.25) is 0 Å². The third-order valence-electron chi connectivity index (χ3n) is 4.82. The van der Waals surface area contributed by atoms with Gasteiger partial charge in [-0.25, -0.2) is 0 Å². The minimum absolute atomic E-state index is 0.443. The lowest BCUT2D eigenvalue weighted by Gasteiger charge is -2.34. The maximum atomic E-state index is 5.74. The summed E-state index contributed by atoms with van der Waals surface area (Å²) in [7, 11) is 2.21. The van der Waals surface area contributed by atoms with Crippen LogP contribution in [0.15, 0.2) is 4.99 Å². The summed E-state index contributed by atoms with van der Waals surface area (Å²) in [4.78, 5) is 9.76. The average molecular weight is 310 g/mol. The van der Waals surface area contributed by atoms with E-state index in [4.69, 9.17) is 9.73 Å². The maximum absolute atomic E-state index is 5.74. The molecule has 0 unspecified atom stereocenters. The van der Waals surface area contributed by atoms with Crippen molar-refractivity contribution in [1.29, 1.82) is 0 Å². The molecule has 2 rings (SSSR count). The molecule has 5 nitrogen and oxygen atoms in total. The Labute approximate surface area is 136 Å². The smallest absolute Gasteiger partial charge is 0.193 e. The molecule has 0 spiro atoms. The Balaban J connectivity index is 1.82. The zero-order valence-electron chi connectivity index (χ0n) is 14.7. The molecule has 0 amide bonds. The molecule has 0 aliphatic carbocycles. The van der Waals surface area contributed by atoms with Gasteiger partial charge in [-0.05, 0) is 65.6 Å². The zero-order valence-corrected chi connectivity index (χ0v) is 14.7. The Morgan fingerprint density at radius 3 is 2.36 bits per heavy atom. The second-order valence-electron chi connectivity index (χ2n) is 6.58. The molecule has 2 aliphatic rings. The van der Waals surface area contributed by atoms with Crippen molar-refractivity contribution < 1.29 is 4.74 Å². The summed E-state index contributed by atoms with van der Waals surface area (Å²) in [6, 6.07) is 0. The van der Waals surface area contributed by atoms with Crippen molar-refractivity contribution in [3.05, 3.63) is 0 Å². The van der Waals surface area contributed by atoms with Crippen molar-refractivity contribution in [1.82, 2.24) is 15.1 Å². The molecule has 0 atom stereocenters. The fourth-order valence-electron chi connectivity index (χ4n) is 3.36. The van der Waals surface area contributed by atoms with Crippen LogP contribution in [0.5, 0.6) is 0 Å². The van der Waals surface area contributed by atoms with Gasteiger partial charge in [0.05, 0.1) is 6.10 Å². The maximum Gasteiger partial charge on any atom is 0.193 e. The van der Waals surface area contributed by atoms with E-state index >= 15 is 0 Å². The Morgan fingerprint density at radius 2 is 1.77 bits per heavy atom. The molecule has 128 valence electrons. The Bertz CT molecular complexity index is 332. The van der Waals surface area contributed by atoms with Crippen LogP contribution in [-0.4, -0.2) is 74.8 Å². The number of piperidine rings is 2. The van der Waals surface area contributed by atoms with E-state index in [2.05, 4.69) is 36.0 Å². The first-order valence-corrected chi connectivity index (χ1v) is 9.06. The van der Waals surface area contributed by atoms with E-state index in [1.54, 1.807) is 0 Å². The molecule has 0 aromatic carbocycles. The lowest BCUT2D eigenvalue weighted by atomic mass is 9.97. The Hall–Kier alpha value is -0.810. The van der Waals surface area contributed by atoms with Crippen molar-refractivity contribution >= 4 is 5.96 Å². The van der Waals surface area contributed by atoms with Crippen LogP contribution in [0.3, 0.4) is 0 Å². The number of ether oxygens (including phenoxy) is 1. The first-order chi connectivity index (χ1) is 10.7. The summed E-state index contributed by atoms with van der Waals surface area (Å²) in [5, 5.41) is 3.47. The van der Waals surface area contributed by atoms with Gasteiger partial charge in [0, 0.05) is 32.8 Å². The molecule has 0 bridgehead atoms. The molecule has 1 N–H and O–H groups in total. The molecule has 2 saturated heterocycles. The van der Waals surface area contributed by atoms with Gasteiger partial charge in [-0.3, -0.25) is 4.99 Å². The highest BCUT2D eigenvalue weighted by molar-refractivity contribution is 5.80. The van der Waals surface area contributed by atoms with Crippen LogP contribution >= 0.6 is 0 Å². The molecule has 22 heavy (non-hydrogen) atoms. The summed E-state index contributed by atoms with van der Waals surface area (Å²) in [5.41, 5.74) is 0. The van der Waals surface area contributed by atoms with Crippen molar-refractivity contribution in [2.24, 2.45) is 10.9 Å². The topological polar surface area (TPSA) is 40.1 Å². The van der Waals surface area contributed by atoms with Gasteiger partial charge >= 0.3 is 0 Å². The number of guanidine groups is 1. The number of hydrogen-bond donors (Lipinski definition) is 1. The highest BCUT2D eigenvalue weighted by Crippen LogP contribution is 2.17.